The van der Waals surface area contributed by atoms with Crippen LogP contribution < -0.4 is 15.4 Å². The van der Waals surface area contributed by atoms with Crippen molar-refractivity contribution in [1.82, 2.24) is 20.2 Å². The van der Waals surface area contributed by atoms with Crippen molar-refractivity contribution in [2.75, 3.05) is 23.5 Å². The number of para-hydroxylation sites is 1. The monoisotopic (exact) mass is 472 g/mol. The molecular weight excluding hydrogens is 452 g/mol. The summed E-state index contributed by atoms with van der Waals surface area (Å²) in [4.78, 5) is 25.5. The van der Waals surface area contributed by atoms with Gasteiger partial charge in [-0.1, -0.05) is 35.5 Å². The number of halogens is 1. The van der Waals surface area contributed by atoms with Crippen molar-refractivity contribution >= 4 is 46.6 Å². The van der Waals surface area contributed by atoms with E-state index in [2.05, 4.69) is 26.2 Å². The highest BCUT2D eigenvalue weighted by Crippen LogP contribution is 2.36. The number of nitrogens with one attached hydrogen (secondary N) is 2. The van der Waals surface area contributed by atoms with Gasteiger partial charge in [0.2, 0.25) is 11.1 Å². The molecule has 2 N–H and O–H groups in total. The van der Waals surface area contributed by atoms with Gasteiger partial charge in [-0.3, -0.25) is 9.59 Å². The molecule has 2 amide bonds. The summed E-state index contributed by atoms with van der Waals surface area (Å²) in [6.07, 6.45) is 2.09. The summed E-state index contributed by atoms with van der Waals surface area (Å²) in [6.45, 7) is 1.84. The van der Waals surface area contributed by atoms with E-state index >= 15 is 0 Å². The van der Waals surface area contributed by atoms with Crippen LogP contribution in [0.25, 0.3) is 0 Å². The molecule has 1 aromatic heterocycles. The van der Waals surface area contributed by atoms with Crippen molar-refractivity contribution in [3.8, 4) is 5.75 Å². The fourth-order valence-corrected chi connectivity index (χ4v) is 3.95. The Kier molecular flexibility index (Phi) is 6.61. The van der Waals surface area contributed by atoms with Gasteiger partial charge in [0.15, 0.2) is 0 Å². The lowest BCUT2D eigenvalue weighted by molar-refractivity contribution is -0.113. The molecule has 1 aliphatic carbocycles. The minimum atomic E-state index is -0.383. The Bertz CT molecular complexity index is 1160. The van der Waals surface area contributed by atoms with Crippen LogP contribution in [0.5, 0.6) is 5.75 Å². The van der Waals surface area contributed by atoms with Gasteiger partial charge >= 0.3 is 0 Å². The third kappa shape index (κ3) is 5.03. The number of nitrogens with zero attached hydrogens (tertiary/aromatic N) is 4. The molecule has 11 heteroatoms. The first-order chi connectivity index (χ1) is 15.5. The van der Waals surface area contributed by atoms with Crippen molar-refractivity contribution in [2.45, 2.75) is 31.0 Å². The summed E-state index contributed by atoms with van der Waals surface area (Å²) in [5.74, 6) is -0.0835. The smallest absolute Gasteiger partial charge is 0.257 e. The number of thioether (sulfide) groups is 1. The number of rotatable bonds is 8. The Morgan fingerprint density at radius 1 is 1.22 bits per heavy atom. The van der Waals surface area contributed by atoms with Crippen LogP contribution >= 0.6 is 23.4 Å². The highest BCUT2D eigenvalue weighted by Gasteiger charge is 2.28. The number of ether oxygens (including phenoxy) is 1. The van der Waals surface area contributed by atoms with Crippen LogP contribution in [0.15, 0.2) is 41.6 Å². The van der Waals surface area contributed by atoms with Crippen molar-refractivity contribution < 1.29 is 14.3 Å². The third-order valence-corrected chi connectivity index (χ3v) is 6.20. The quantitative estimate of drug-likeness (QED) is 0.477. The number of carbonyl (C=O) groups excluding carboxylic acids is 2. The van der Waals surface area contributed by atoms with Crippen LogP contribution in [-0.2, 0) is 4.79 Å². The molecule has 0 aliphatic heterocycles. The molecule has 0 radical (unpaired) electrons. The fraction of sp³-hybridized carbons (Fsp3) is 0.286. The standard InChI is InChI=1S/C21H21ClN6O3S/c1-12-9-17(18(31-2)10-15(12)22)24-20(30)14-5-3-4-6-16(14)23-19(29)11-32-21-25-26-27-28(21)13-7-8-13/h3-6,9-10,13H,7-8,11H2,1-2H3,(H,23,29)(H,24,30). The summed E-state index contributed by atoms with van der Waals surface area (Å²) >= 11 is 7.40. The largest absolute Gasteiger partial charge is 0.495 e. The molecular formula is C21H21ClN6O3S. The fourth-order valence-electron chi connectivity index (χ4n) is 3.05. The molecule has 9 nitrogen and oxygen atoms in total. The number of hydrogen-bond acceptors (Lipinski definition) is 7. The van der Waals surface area contributed by atoms with Gasteiger partial charge in [-0.25, -0.2) is 4.68 Å². The highest BCUT2D eigenvalue weighted by molar-refractivity contribution is 7.99. The second-order valence-corrected chi connectivity index (χ2v) is 8.63. The Morgan fingerprint density at radius 2 is 2.00 bits per heavy atom. The second-order valence-electron chi connectivity index (χ2n) is 7.28. The zero-order chi connectivity index (χ0) is 22.7. The number of carbonyl (C=O) groups is 2. The highest BCUT2D eigenvalue weighted by atomic mass is 35.5. The van der Waals surface area contributed by atoms with E-state index in [9.17, 15) is 9.59 Å². The molecule has 32 heavy (non-hydrogen) atoms. The molecule has 0 saturated heterocycles. The molecule has 1 fully saturated rings. The lowest BCUT2D eigenvalue weighted by Crippen LogP contribution is -2.19. The maximum Gasteiger partial charge on any atom is 0.257 e. The van der Waals surface area contributed by atoms with Crippen molar-refractivity contribution in [3.05, 3.63) is 52.5 Å². The van der Waals surface area contributed by atoms with Crippen molar-refractivity contribution in [2.24, 2.45) is 0 Å². The molecule has 0 unspecified atom stereocenters. The molecule has 3 aromatic rings. The van der Waals surface area contributed by atoms with E-state index in [0.29, 0.717) is 38.9 Å². The number of hydrogen-bond donors (Lipinski definition) is 2. The van der Waals surface area contributed by atoms with Crippen LogP contribution in [0.4, 0.5) is 11.4 Å². The average molecular weight is 473 g/mol. The summed E-state index contributed by atoms with van der Waals surface area (Å²) < 4.78 is 7.07. The van der Waals surface area contributed by atoms with Gasteiger partial charge < -0.3 is 15.4 Å². The Labute approximate surface area is 193 Å². The topological polar surface area (TPSA) is 111 Å². The summed E-state index contributed by atoms with van der Waals surface area (Å²) in [5, 5.41) is 18.4. The second kappa shape index (κ2) is 9.58. The minimum absolute atomic E-state index is 0.118. The Balaban J connectivity index is 1.44. The number of aryl methyl sites for hydroxylation is 1. The zero-order valence-corrected chi connectivity index (χ0v) is 19.0. The van der Waals surface area contributed by atoms with Gasteiger partial charge in [-0.2, -0.15) is 0 Å². The third-order valence-electron chi connectivity index (χ3n) is 4.86. The molecule has 166 valence electrons. The first-order valence-corrected chi connectivity index (χ1v) is 11.3. The van der Waals surface area contributed by atoms with E-state index in [4.69, 9.17) is 16.3 Å². The van der Waals surface area contributed by atoms with Crippen LogP contribution in [0.1, 0.15) is 34.8 Å². The van der Waals surface area contributed by atoms with E-state index in [1.54, 1.807) is 41.1 Å². The van der Waals surface area contributed by atoms with Crippen LogP contribution in [0.2, 0.25) is 5.02 Å². The Hall–Kier alpha value is -3.11. The minimum Gasteiger partial charge on any atom is -0.495 e. The predicted octanol–water partition coefficient (Wildman–Crippen LogP) is 3.96. The molecule has 0 bridgehead atoms. The molecule has 1 aliphatic rings. The van der Waals surface area contributed by atoms with Crippen molar-refractivity contribution in [1.29, 1.82) is 0 Å². The van der Waals surface area contributed by atoms with Gasteiger partial charge in [0.05, 0.1) is 35.8 Å². The average Bonchev–Trinajstić information content (AvgIpc) is 3.52. The van der Waals surface area contributed by atoms with E-state index in [1.165, 1.54) is 18.9 Å². The lowest BCUT2D eigenvalue weighted by Gasteiger charge is -2.14. The van der Waals surface area contributed by atoms with Gasteiger partial charge in [-0.15, -0.1) is 5.10 Å². The zero-order valence-electron chi connectivity index (χ0n) is 17.5. The van der Waals surface area contributed by atoms with E-state index in [-0.39, 0.29) is 17.6 Å². The summed E-state index contributed by atoms with van der Waals surface area (Å²) in [5.41, 5.74) is 2.02. The van der Waals surface area contributed by atoms with Gasteiger partial charge in [0, 0.05) is 11.1 Å². The predicted molar refractivity (Wildman–Crippen MR) is 123 cm³/mol. The molecule has 1 saturated carbocycles. The molecule has 2 aromatic carbocycles. The van der Waals surface area contributed by atoms with Crippen LogP contribution in [0.3, 0.4) is 0 Å². The van der Waals surface area contributed by atoms with E-state index in [1.807, 2.05) is 6.92 Å². The first kappa shape index (κ1) is 22.1. The maximum absolute atomic E-state index is 13.0. The van der Waals surface area contributed by atoms with Gasteiger partial charge in [0.25, 0.3) is 5.91 Å². The number of aromatic nitrogens is 4. The molecule has 0 atom stereocenters. The van der Waals surface area contributed by atoms with Crippen LogP contribution in [-0.4, -0.2) is 44.9 Å². The van der Waals surface area contributed by atoms with Crippen molar-refractivity contribution in [3.63, 3.8) is 0 Å². The number of benzene rings is 2. The normalized spacial score (nSPS) is 13.0. The number of anilines is 2. The van der Waals surface area contributed by atoms with E-state index in [0.717, 1.165) is 18.4 Å². The number of tetrazole rings is 1. The summed E-state index contributed by atoms with van der Waals surface area (Å²) in [7, 11) is 1.50. The molecule has 0 spiro atoms. The Morgan fingerprint density at radius 3 is 2.75 bits per heavy atom. The SMILES string of the molecule is COc1cc(Cl)c(C)cc1NC(=O)c1ccccc1NC(=O)CSc1nnnn1C1CC1. The van der Waals surface area contributed by atoms with Crippen LogP contribution in [0, 0.1) is 6.92 Å². The number of amides is 2. The molecule has 1 heterocycles. The first-order valence-electron chi connectivity index (χ1n) is 9.91. The van der Waals surface area contributed by atoms with Gasteiger partial charge in [0.1, 0.15) is 5.75 Å². The maximum atomic E-state index is 13.0. The lowest BCUT2D eigenvalue weighted by atomic mass is 10.1. The summed E-state index contributed by atoms with van der Waals surface area (Å²) in [6, 6.07) is 10.5. The number of methoxy groups -OCH3 is 1. The van der Waals surface area contributed by atoms with E-state index < -0.39 is 0 Å². The van der Waals surface area contributed by atoms with Gasteiger partial charge in [-0.05, 0) is 54.0 Å². The molecule has 4 rings (SSSR count).